The van der Waals surface area contributed by atoms with E-state index in [0.717, 1.165) is 41.2 Å². The van der Waals surface area contributed by atoms with Crippen LogP contribution < -0.4 is 4.90 Å². The summed E-state index contributed by atoms with van der Waals surface area (Å²) in [5.74, 6) is 0.982. The standard InChI is InChI=1S/C52H35NOS/c1-2-13-36-32-37(27-26-34(36)12-1)35-28-30-39(31-29-35)53(40-15-9-14-38(33-40)41-19-10-21-45-43-17-5-8-25-50(43)55-52(41)45)47-22-6-3-16-42(47)44-20-11-24-49-51(44)46-18-4-7-23-48(46)54-49/h1-3,5-17,19-33H,4,18H2. The van der Waals surface area contributed by atoms with Crippen LogP contribution in [0.4, 0.5) is 17.1 Å². The first-order valence-corrected chi connectivity index (χ1v) is 19.8. The van der Waals surface area contributed by atoms with E-state index >= 15 is 0 Å². The lowest BCUT2D eigenvalue weighted by atomic mass is 9.93. The van der Waals surface area contributed by atoms with Gasteiger partial charge in [-0.1, -0.05) is 133 Å². The molecule has 0 atom stereocenters. The predicted octanol–water partition coefficient (Wildman–Crippen LogP) is 15.4. The van der Waals surface area contributed by atoms with Crippen LogP contribution in [0, 0.1) is 0 Å². The van der Waals surface area contributed by atoms with Crippen molar-refractivity contribution in [1.29, 1.82) is 0 Å². The van der Waals surface area contributed by atoms with E-state index in [1.807, 2.05) is 11.3 Å². The lowest BCUT2D eigenvalue weighted by Crippen LogP contribution is -2.11. The fraction of sp³-hybridized carbons (Fsp3) is 0.0385. The molecule has 55 heavy (non-hydrogen) atoms. The highest BCUT2D eigenvalue weighted by Crippen LogP contribution is 2.47. The number of hydrogen-bond donors (Lipinski definition) is 0. The molecule has 0 unspecified atom stereocenters. The molecule has 2 aromatic heterocycles. The Bertz CT molecular complexity index is 3110. The molecule has 11 rings (SSSR count). The summed E-state index contributed by atoms with van der Waals surface area (Å²) >= 11 is 1.88. The van der Waals surface area contributed by atoms with Crippen LogP contribution in [0.5, 0.6) is 0 Å². The monoisotopic (exact) mass is 721 g/mol. The Hall–Kier alpha value is -6.68. The van der Waals surface area contributed by atoms with Gasteiger partial charge in [-0.2, -0.15) is 0 Å². The van der Waals surface area contributed by atoms with Crippen LogP contribution in [0.2, 0.25) is 0 Å². The lowest BCUT2D eigenvalue weighted by Gasteiger charge is -2.29. The Labute approximate surface area is 323 Å². The van der Waals surface area contributed by atoms with Crippen molar-refractivity contribution in [1.82, 2.24) is 0 Å². The molecule has 3 heteroatoms. The van der Waals surface area contributed by atoms with Gasteiger partial charge in [0.25, 0.3) is 0 Å². The zero-order valence-corrected chi connectivity index (χ0v) is 30.9. The van der Waals surface area contributed by atoms with Crippen LogP contribution in [0.25, 0.3) is 81.4 Å². The van der Waals surface area contributed by atoms with Gasteiger partial charge >= 0.3 is 0 Å². The molecular weight excluding hydrogens is 687 g/mol. The first-order chi connectivity index (χ1) is 27.3. The number of anilines is 3. The molecule has 0 aliphatic heterocycles. The van der Waals surface area contributed by atoms with Gasteiger partial charge in [0.1, 0.15) is 11.3 Å². The molecule has 0 spiro atoms. The lowest BCUT2D eigenvalue weighted by molar-refractivity contribution is 0.595. The summed E-state index contributed by atoms with van der Waals surface area (Å²) in [6.45, 7) is 0. The van der Waals surface area contributed by atoms with Gasteiger partial charge in [0.2, 0.25) is 0 Å². The highest BCUT2D eigenvalue weighted by atomic mass is 32.1. The molecule has 0 N–H and O–H groups in total. The summed E-state index contributed by atoms with van der Waals surface area (Å²) in [6.07, 6.45) is 6.35. The zero-order chi connectivity index (χ0) is 36.3. The minimum Gasteiger partial charge on any atom is -0.456 e. The third-order valence-corrected chi connectivity index (χ3v) is 12.4. The van der Waals surface area contributed by atoms with Crippen molar-refractivity contribution in [3.8, 4) is 33.4 Å². The molecule has 1 aliphatic carbocycles. The number of para-hydroxylation sites is 1. The first kappa shape index (κ1) is 31.8. The summed E-state index contributed by atoms with van der Waals surface area (Å²) in [6, 6.07) is 64.2. The molecular formula is C52H35NOS. The second-order valence-corrected chi connectivity index (χ2v) is 15.4. The highest BCUT2D eigenvalue weighted by Gasteiger charge is 2.23. The predicted molar refractivity (Wildman–Crippen MR) is 235 cm³/mol. The van der Waals surface area contributed by atoms with Gasteiger partial charge in [-0.25, -0.2) is 0 Å². The Morgan fingerprint density at radius 1 is 0.509 bits per heavy atom. The summed E-state index contributed by atoms with van der Waals surface area (Å²) in [4.78, 5) is 2.43. The number of hydrogen-bond acceptors (Lipinski definition) is 3. The Kier molecular flexibility index (Phi) is 7.53. The maximum absolute atomic E-state index is 6.43. The van der Waals surface area contributed by atoms with E-state index in [-0.39, 0.29) is 0 Å². The quantitative estimate of drug-likeness (QED) is 0.170. The molecule has 2 heterocycles. The maximum atomic E-state index is 6.43. The summed E-state index contributed by atoms with van der Waals surface area (Å²) in [7, 11) is 0. The maximum Gasteiger partial charge on any atom is 0.135 e. The van der Waals surface area contributed by atoms with E-state index in [0.29, 0.717) is 0 Å². The van der Waals surface area contributed by atoms with Gasteiger partial charge in [-0.15, -0.1) is 11.3 Å². The fourth-order valence-corrected chi connectivity index (χ4v) is 9.78. The van der Waals surface area contributed by atoms with Gasteiger partial charge in [-0.05, 0) is 106 Å². The van der Waals surface area contributed by atoms with Crippen molar-refractivity contribution >= 4 is 76.4 Å². The summed E-state index contributed by atoms with van der Waals surface area (Å²) in [5.41, 5.74) is 12.8. The number of aryl methyl sites for hydroxylation is 1. The minimum absolute atomic E-state index is 0.938. The second kappa shape index (κ2) is 13.0. The molecule has 0 saturated carbocycles. The van der Waals surface area contributed by atoms with Crippen molar-refractivity contribution in [3.63, 3.8) is 0 Å². The van der Waals surface area contributed by atoms with Crippen molar-refractivity contribution < 1.29 is 4.42 Å². The summed E-state index contributed by atoms with van der Waals surface area (Å²) < 4.78 is 9.06. The second-order valence-electron chi connectivity index (χ2n) is 14.4. The summed E-state index contributed by atoms with van der Waals surface area (Å²) in [5, 5.41) is 6.33. The number of nitrogens with zero attached hydrogens (tertiary/aromatic N) is 1. The molecule has 8 aromatic carbocycles. The van der Waals surface area contributed by atoms with Crippen LogP contribution in [-0.4, -0.2) is 0 Å². The fourth-order valence-electron chi connectivity index (χ4n) is 8.54. The number of rotatable bonds is 6. The van der Waals surface area contributed by atoms with E-state index in [1.54, 1.807) is 0 Å². The van der Waals surface area contributed by atoms with Gasteiger partial charge in [0.05, 0.1) is 5.69 Å². The number of fused-ring (bicyclic) bond motifs is 7. The van der Waals surface area contributed by atoms with E-state index in [1.165, 1.54) is 75.3 Å². The van der Waals surface area contributed by atoms with Crippen molar-refractivity contribution in [2.24, 2.45) is 0 Å². The molecule has 260 valence electrons. The molecule has 2 nitrogen and oxygen atoms in total. The zero-order valence-electron chi connectivity index (χ0n) is 30.1. The smallest absolute Gasteiger partial charge is 0.135 e. The normalized spacial score (nSPS) is 12.5. The number of furan rings is 1. The largest absolute Gasteiger partial charge is 0.456 e. The van der Waals surface area contributed by atoms with Gasteiger partial charge < -0.3 is 9.32 Å². The molecule has 10 aromatic rings. The molecule has 0 amide bonds. The number of benzene rings is 8. The Morgan fingerprint density at radius 3 is 2.20 bits per heavy atom. The number of allylic oxidation sites excluding steroid dienone is 1. The van der Waals surface area contributed by atoms with Crippen molar-refractivity contribution in [2.45, 2.75) is 12.8 Å². The third kappa shape index (κ3) is 5.39. The Balaban J connectivity index is 1.10. The van der Waals surface area contributed by atoms with Crippen molar-refractivity contribution in [3.05, 3.63) is 193 Å². The molecule has 0 fully saturated rings. The van der Waals surface area contributed by atoms with E-state index in [2.05, 4.69) is 193 Å². The first-order valence-electron chi connectivity index (χ1n) is 19.0. The SMILES string of the molecule is C1=Cc2oc3cccc(-c4ccccc4N(c4ccc(-c5ccc6ccccc6c5)cc4)c4cccc(-c5cccc6c5sc5ccccc56)c4)c3c2CC1. The average molecular weight is 722 g/mol. The van der Waals surface area contributed by atoms with Crippen LogP contribution in [0.3, 0.4) is 0 Å². The van der Waals surface area contributed by atoms with E-state index in [4.69, 9.17) is 4.42 Å². The van der Waals surface area contributed by atoms with Crippen LogP contribution in [0.1, 0.15) is 17.7 Å². The van der Waals surface area contributed by atoms with Crippen LogP contribution >= 0.6 is 11.3 Å². The highest BCUT2D eigenvalue weighted by molar-refractivity contribution is 7.26. The van der Waals surface area contributed by atoms with E-state index in [9.17, 15) is 0 Å². The van der Waals surface area contributed by atoms with E-state index < -0.39 is 0 Å². The van der Waals surface area contributed by atoms with Crippen LogP contribution in [-0.2, 0) is 6.42 Å². The topological polar surface area (TPSA) is 16.4 Å². The third-order valence-electron chi connectivity index (χ3n) is 11.1. The van der Waals surface area contributed by atoms with Crippen LogP contribution in [0.15, 0.2) is 186 Å². The number of thiophene rings is 1. The molecule has 1 aliphatic rings. The molecule has 0 saturated heterocycles. The van der Waals surface area contributed by atoms with Gasteiger partial charge in [0, 0.05) is 48.1 Å². The minimum atomic E-state index is 0.938. The molecule has 0 bridgehead atoms. The Morgan fingerprint density at radius 2 is 1.25 bits per heavy atom. The van der Waals surface area contributed by atoms with Gasteiger partial charge in [-0.3, -0.25) is 0 Å². The van der Waals surface area contributed by atoms with Crippen molar-refractivity contribution in [2.75, 3.05) is 4.90 Å². The van der Waals surface area contributed by atoms with Gasteiger partial charge in [0.15, 0.2) is 0 Å². The molecule has 0 radical (unpaired) electrons. The average Bonchev–Trinajstić information content (AvgIpc) is 3.83.